The highest BCUT2D eigenvalue weighted by molar-refractivity contribution is 8.03. The zero-order chi connectivity index (χ0) is 18.0. The van der Waals surface area contributed by atoms with E-state index in [-0.39, 0.29) is 18.4 Å². The lowest BCUT2D eigenvalue weighted by atomic mass is 9.99. The Morgan fingerprint density at radius 3 is 2.64 bits per heavy atom. The van der Waals surface area contributed by atoms with Crippen LogP contribution in [0.25, 0.3) is 5.57 Å². The first-order valence-electron chi connectivity index (χ1n) is 7.97. The fourth-order valence-electron chi connectivity index (χ4n) is 2.85. The molecule has 1 aliphatic heterocycles. The predicted molar refractivity (Wildman–Crippen MR) is 99.8 cm³/mol. The number of amides is 2. The molecule has 0 N–H and O–H groups in total. The van der Waals surface area contributed by atoms with Gasteiger partial charge in [-0.05, 0) is 37.1 Å². The van der Waals surface area contributed by atoms with E-state index in [0.29, 0.717) is 16.2 Å². The topological polar surface area (TPSA) is 50.5 Å². The van der Waals surface area contributed by atoms with Crippen molar-refractivity contribution < 1.29 is 14.0 Å². The average molecular weight is 353 g/mol. The number of hydrogen-bond donors (Lipinski definition) is 0. The van der Waals surface area contributed by atoms with Gasteiger partial charge >= 0.3 is 0 Å². The fourth-order valence-corrected chi connectivity index (χ4v) is 3.88. The largest absolute Gasteiger partial charge is 0.468 e. The van der Waals surface area contributed by atoms with Crippen LogP contribution < -0.4 is 0 Å². The summed E-state index contributed by atoms with van der Waals surface area (Å²) in [5.74, 6) is 0.729. The standard InChI is InChI=1S/C20H19NO3S/c1-4-9-21-19(22)17(16-8-7-13(2)11-14(16)3)18(20(21)23)25-12-15-6-5-10-24-15/h4-8,10-11H,1,9,12H2,2-3H3. The van der Waals surface area contributed by atoms with Crippen LogP contribution in [-0.4, -0.2) is 23.3 Å². The number of carbonyl (C=O) groups is 2. The third-order valence-corrected chi connectivity index (χ3v) is 5.12. The second kappa shape index (κ2) is 7.15. The highest BCUT2D eigenvalue weighted by Gasteiger charge is 2.39. The van der Waals surface area contributed by atoms with Crippen LogP contribution in [0.3, 0.4) is 0 Å². The molecular formula is C20H19NO3S. The molecule has 0 aliphatic carbocycles. The minimum atomic E-state index is -0.267. The molecule has 0 spiro atoms. The monoisotopic (exact) mass is 353 g/mol. The smallest absolute Gasteiger partial charge is 0.268 e. The summed E-state index contributed by atoms with van der Waals surface area (Å²) in [6, 6.07) is 9.55. The summed E-state index contributed by atoms with van der Waals surface area (Å²) in [5, 5.41) is 0. The van der Waals surface area contributed by atoms with E-state index in [4.69, 9.17) is 4.42 Å². The van der Waals surface area contributed by atoms with Crippen LogP contribution in [0.5, 0.6) is 0 Å². The molecule has 128 valence electrons. The first kappa shape index (κ1) is 17.3. The van der Waals surface area contributed by atoms with Crippen LogP contribution in [0.2, 0.25) is 0 Å². The number of furan rings is 1. The quantitative estimate of drug-likeness (QED) is 0.580. The van der Waals surface area contributed by atoms with Crippen molar-refractivity contribution in [2.24, 2.45) is 0 Å². The molecule has 0 radical (unpaired) electrons. The maximum Gasteiger partial charge on any atom is 0.268 e. The molecule has 0 atom stereocenters. The minimum absolute atomic E-state index is 0.205. The van der Waals surface area contributed by atoms with Crippen molar-refractivity contribution in [2.45, 2.75) is 19.6 Å². The van der Waals surface area contributed by atoms with E-state index in [1.165, 1.54) is 16.7 Å². The predicted octanol–water partition coefficient (Wildman–Crippen LogP) is 4.10. The maximum absolute atomic E-state index is 12.9. The summed E-state index contributed by atoms with van der Waals surface area (Å²) in [7, 11) is 0. The molecule has 2 aromatic rings. The molecule has 0 saturated carbocycles. The number of thioether (sulfide) groups is 1. The summed E-state index contributed by atoms with van der Waals surface area (Å²) >= 11 is 1.34. The van der Waals surface area contributed by atoms with Gasteiger partial charge in [-0.2, -0.15) is 0 Å². The van der Waals surface area contributed by atoms with Crippen LogP contribution in [0.1, 0.15) is 22.5 Å². The van der Waals surface area contributed by atoms with Gasteiger partial charge in [0.05, 0.1) is 22.5 Å². The van der Waals surface area contributed by atoms with E-state index < -0.39 is 0 Å². The average Bonchev–Trinajstić information content (AvgIpc) is 3.16. The Hall–Kier alpha value is -2.53. The molecule has 2 amide bonds. The van der Waals surface area contributed by atoms with Gasteiger partial charge < -0.3 is 4.42 Å². The summed E-state index contributed by atoms with van der Waals surface area (Å²) in [6.07, 6.45) is 3.16. The number of benzene rings is 1. The molecule has 1 aromatic heterocycles. The van der Waals surface area contributed by atoms with Gasteiger partial charge in [-0.25, -0.2) is 0 Å². The molecule has 1 aliphatic rings. The van der Waals surface area contributed by atoms with Crippen LogP contribution >= 0.6 is 11.8 Å². The summed E-state index contributed by atoms with van der Waals surface area (Å²) < 4.78 is 5.34. The molecule has 2 heterocycles. The van der Waals surface area contributed by atoms with E-state index in [1.807, 2.05) is 38.1 Å². The third kappa shape index (κ3) is 3.33. The van der Waals surface area contributed by atoms with Crippen molar-refractivity contribution in [1.29, 1.82) is 0 Å². The Bertz CT molecular complexity index is 865. The van der Waals surface area contributed by atoms with Gasteiger partial charge in [-0.15, -0.1) is 18.3 Å². The van der Waals surface area contributed by atoms with Crippen LogP contribution in [0, 0.1) is 13.8 Å². The van der Waals surface area contributed by atoms with Crippen molar-refractivity contribution in [3.63, 3.8) is 0 Å². The summed E-state index contributed by atoms with van der Waals surface area (Å²) in [4.78, 5) is 27.4. The number of hydrogen-bond acceptors (Lipinski definition) is 4. The highest BCUT2D eigenvalue weighted by atomic mass is 32.2. The second-order valence-corrected chi connectivity index (χ2v) is 6.89. The van der Waals surface area contributed by atoms with Gasteiger partial charge in [0.2, 0.25) is 0 Å². The number of carbonyl (C=O) groups excluding carboxylic acids is 2. The van der Waals surface area contributed by atoms with E-state index in [2.05, 4.69) is 6.58 Å². The molecule has 1 aromatic carbocycles. The Labute approximate surface area is 151 Å². The van der Waals surface area contributed by atoms with E-state index in [0.717, 1.165) is 22.5 Å². The Kier molecular flexibility index (Phi) is 4.95. The first-order chi connectivity index (χ1) is 12.0. The highest BCUT2D eigenvalue weighted by Crippen LogP contribution is 2.38. The molecular weight excluding hydrogens is 334 g/mol. The number of rotatable bonds is 6. The van der Waals surface area contributed by atoms with Gasteiger partial charge in [-0.1, -0.05) is 29.8 Å². The molecule has 4 nitrogen and oxygen atoms in total. The Morgan fingerprint density at radius 1 is 1.20 bits per heavy atom. The molecule has 0 saturated heterocycles. The number of nitrogens with zero attached hydrogens (tertiary/aromatic N) is 1. The van der Waals surface area contributed by atoms with Crippen molar-refractivity contribution >= 4 is 29.1 Å². The summed E-state index contributed by atoms with van der Waals surface area (Å²) in [5.41, 5.74) is 3.37. The number of imide groups is 1. The van der Waals surface area contributed by atoms with E-state index in [1.54, 1.807) is 18.4 Å². The van der Waals surface area contributed by atoms with E-state index in [9.17, 15) is 9.59 Å². The minimum Gasteiger partial charge on any atom is -0.468 e. The van der Waals surface area contributed by atoms with Crippen molar-refractivity contribution in [3.05, 3.63) is 76.6 Å². The third-order valence-electron chi connectivity index (χ3n) is 4.03. The van der Waals surface area contributed by atoms with Crippen LogP contribution in [0.4, 0.5) is 0 Å². The van der Waals surface area contributed by atoms with E-state index >= 15 is 0 Å². The SMILES string of the molecule is C=CCN1C(=O)C(SCc2ccco2)=C(c2ccc(C)cc2C)C1=O. The van der Waals surface area contributed by atoms with Gasteiger partial charge in [0.15, 0.2) is 0 Å². The molecule has 25 heavy (non-hydrogen) atoms. The lowest BCUT2D eigenvalue weighted by Gasteiger charge is -2.12. The lowest BCUT2D eigenvalue weighted by Crippen LogP contribution is -2.31. The zero-order valence-electron chi connectivity index (χ0n) is 14.2. The van der Waals surface area contributed by atoms with Gasteiger partial charge in [-0.3, -0.25) is 14.5 Å². The van der Waals surface area contributed by atoms with Crippen molar-refractivity contribution in [1.82, 2.24) is 4.90 Å². The van der Waals surface area contributed by atoms with Gasteiger partial charge in [0.1, 0.15) is 5.76 Å². The van der Waals surface area contributed by atoms with Crippen molar-refractivity contribution in [2.75, 3.05) is 6.54 Å². The molecule has 0 bridgehead atoms. The Morgan fingerprint density at radius 2 is 2.00 bits per heavy atom. The molecule has 3 rings (SSSR count). The van der Waals surface area contributed by atoms with Gasteiger partial charge in [0, 0.05) is 6.54 Å². The Balaban J connectivity index is 2.03. The molecule has 5 heteroatoms. The van der Waals surface area contributed by atoms with Crippen LogP contribution in [0.15, 0.2) is 58.6 Å². The molecule has 0 unspecified atom stereocenters. The maximum atomic E-state index is 12.9. The fraction of sp³-hybridized carbons (Fsp3) is 0.200. The van der Waals surface area contributed by atoms with Gasteiger partial charge in [0.25, 0.3) is 11.8 Å². The van der Waals surface area contributed by atoms with Crippen LogP contribution in [-0.2, 0) is 15.3 Å². The zero-order valence-corrected chi connectivity index (χ0v) is 15.1. The first-order valence-corrected chi connectivity index (χ1v) is 8.95. The normalized spacial score (nSPS) is 14.6. The van der Waals surface area contributed by atoms with Crippen molar-refractivity contribution in [3.8, 4) is 0 Å². The summed E-state index contributed by atoms with van der Waals surface area (Å²) in [6.45, 7) is 7.81. The molecule has 0 fully saturated rings. The lowest BCUT2D eigenvalue weighted by molar-refractivity contribution is -0.135. The second-order valence-electron chi connectivity index (χ2n) is 5.90. The number of aryl methyl sites for hydroxylation is 2.